The highest BCUT2D eigenvalue weighted by molar-refractivity contribution is 9.10. The first-order valence-corrected chi connectivity index (χ1v) is 5.06. The Hall–Kier alpha value is -1.35. The number of benzene rings is 1. The Morgan fingerprint density at radius 3 is 2.86 bits per heavy atom. The summed E-state index contributed by atoms with van der Waals surface area (Å²) in [6.07, 6.45) is 3.56. The van der Waals surface area contributed by atoms with Gasteiger partial charge in [-0.3, -0.25) is 4.98 Å². The van der Waals surface area contributed by atoms with Crippen LogP contribution >= 0.6 is 15.9 Å². The number of pyridine rings is 1. The number of aromatic nitrogens is 1. The van der Waals surface area contributed by atoms with Crippen LogP contribution in [0.1, 0.15) is 0 Å². The van der Waals surface area contributed by atoms with Gasteiger partial charge in [0.2, 0.25) is 0 Å². The van der Waals surface area contributed by atoms with Crippen molar-refractivity contribution >= 4 is 37.9 Å². The van der Waals surface area contributed by atoms with Gasteiger partial charge >= 0.3 is 0 Å². The van der Waals surface area contributed by atoms with E-state index in [-0.39, 0.29) is 0 Å². The summed E-state index contributed by atoms with van der Waals surface area (Å²) < 4.78 is 6.70. The van der Waals surface area contributed by atoms with Crippen molar-refractivity contribution in [2.45, 2.75) is 0 Å². The number of hydrogen-bond donors (Lipinski definition) is 0. The van der Waals surface area contributed by atoms with Crippen LogP contribution in [0.2, 0.25) is 0 Å². The Balaban J connectivity index is 2.58. The third-order valence-corrected chi connectivity index (χ3v) is 2.73. The number of nitrogens with zero attached hydrogens (tertiary/aromatic N) is 1. The van der Waals surface area contributed by atoms with E-state index in [1.165, 1.54) is 0 Å². The largest absolute Gasteiger partial charge is 0.456 e. The lowest BCUT2D eigenvalue weighted by molar-refractivity contribution is 0.668. The zero-order valence-corrected chi connectivity index (χ0v) is 8.78. The Labute approximate surface area is 88.7 Å². The van der Waals surface area contributed by atoms with Crippen molar-refractivity contribution in [2.24, 2.45) is 0 Å². The first kappa shape index (κ1) is 8.00. The molecule has 0 aliphatic rings. The molecular formula is C11H6BrNO. The lowest BCUT2D eigenvalue weighted by Crippen LogP contribution is -1.69. The van der Waals surface area contributed by atoms with Gasteiger partial charge in [0.1, 0.15) is 11.2 Å². The molecule has 14 heavy (non-hydrogen) atoms. The first-order valence-electron chi connectivity index (χ1n) is 4.26. The summed E-state index contributed by atoms with van der Waals surface area (Å²) in [6.45, 7) is 0. The molecule has 0 bridgehead atoms. The highest BCUT2D eigenvalue weighted by Crippen LogP contribution is 2.29. The van der Waals surface area contributed by atoms with Gasteiger partial charge in [-0.25, -0.2) is 0 Å². The molecule has 0 saturated carbocycles. The maximum absolute atomic E-state index is 5.65. The lowest BCUT2D eigenvalue weighted by Gasteiger charge is -1.89. The molecule has 0 radical (unpaired) electrons. The molecule has 0 N–H and O–H groups in total. The van der Waals surface area contributed by atoms with E-state index < -0.39 is 0 Å². The predicted molar refractivity (Wildman–Crippen MR) is 59.2 cm³/mol. The van der Waals surface area contributed by atoms with Crippen LogP contribution in [0.4, 0.5) is 0 Å². The average Bonchev–Trinajstić information content (AvgIpc) is 2.56. The van der Waals surface area contributed by atoms with Crippen molar-refractivity contribution in [3.8, 4) is 0 Å². The van der Waals surface area contributed by atoms with Crippen LogP contribution in [0.5, 0.6) is 0 Å². The topological polar surface area (TPSA) is 26.0 Å². The molecule has 3 aromatic rings. The highest BCUT2D eigenvalue weighted by atomic mass is 79.9. The van der Waals surface area contributed by atoms with Crippen molar-refractivity contribution in [1.82, 2.24) is 4.98 Å². The van der Waals surface area contributed by atoms with Crippen LogP contribution in [-0.2, 0) is 0 Å². The smallest absolute Gasteiger partial charge is 0.138 e. The standard InChI is InChI=1S/C11H6BrNO/c12-7-1-2-10-8(5-7)9-6-13-4-3-11(9)14-10/h1-6H. The summed E-state index contributed by atoms with van der Waals surface area (Å²) in [5.74, 6) is 0. The van der Waals surface area contributed by atoms with Crippen molar-refractivity contribution in [2.75, 3.05) is 0 Å². The Morgan fingerprint density at radius 2 is 1.93 bits per heavy atom. The van der Waals surface area contributed by atoms with E-state index in [1.54, 1.807) is 6.20 Å². The zero-order chi connectivity index (χ0) is 9.54. The van der Waals surface area contributed by atoms with E-state index in [0.717, 1.165) is 26.4 Å². The number of fused-ring (bicyclic) bond motifs is 3. The molecule has 3 rings (SSSR count). The molecule has 0 aliphatic carbocycles. The number of rotatable bonds is 0. The maximum Gasteiger partial charge on any atom is 0.138 e. The predicted octanol–water partition coefficient (Wildman–Crippen LogP) is 3.74. The fraction of sp³-hybridized carbons (Fsp3) is 0. The third-order valence-electron chi connectivity index (χ3n) is 2.23. The van der Waals surface area contributed by atoms with E-state index in [0.29, 0.717) is 0 Å². The Morgan fingerprint density at radius 1 is 1.07 bits per heavy atom. The Kier molecular flexibility index (Phi) is 1.61. The van der Waals surface area contributed by atoms with E-state index in [9.17, 15) is 0 Å². The molecule has 0 unspecified atom stereocenters. The van der Waals surface area contributed by atoms with Gasteiger partial charge in [0.15, 0.2) is 0 Å². The monoisotopic (exact) mass is 247 g/mol. The molecule has 3 heteroatoms. The summed E-state index contributed by atoms with van der Waals surface area (Å²) in [4.78, 5) is 4.09. The quantitative estimate of drug-likeness (QED) is 0.605. The first-order chi connectivity index (χ1) is 6.84. The zero-order valence-electron chi connectivity index (χ0n) is 7.20. The minimum Gasteiger partial charge on any atom is -0.456 e. The average molecular weight is 248 g/mol. The van der Waals surface area contributed by atoms with E-state index in [2.05, 4.69) is 20.9 Å². The normalized spacial score (nSPS) is 11.2. The fourth-order valence-corrected chi connectivity index (χ4v) is 1.95. The molecule has 68 valence electrons. The lowest BCUT2D eigenvalue weighted by atomic mass is 10.2. The molecule has 0 fully saturated rings. The summed E-state index contributed by atoms with van der Waals surface area (Å²) in [5, 5.41) is 2.16. The van der Waals surface area contributed by atoms with Gasteiger partial charge in [0.05, 0.1) is 0 Å². The summed E-state index contributed by atoms with van der Waals surface area (Å²) in [5.41, 5.74) is 1.78. The minimum atomic E-state index is 0.883. The molecule has 0 aliphatic heterocycles. The Bertz CT molecular complexity index is 615. The van der Waals surface area contributed by atoms with Crippen LogP contribution in [0.3, 0.4) is 0 Å². The summed E-state index contributed by atoms with van der Waals surface area (Å²) in [6, 6.07) is 7.85. The fourth-order valence-electron chi connectivity index (χ4n) is 1.59. The van der Waals surface area contributed by atoms with Crippen LogP contribution in [0.25, 0.3) is 21.9 Å². The minimum absolute atomic E-state index is 0.883. The van der Waals surface area contributed by atoms with Gasteiger partial charge in [-0.05, 0) is 24.3 Å². The van der Waals surface area contributed by atoms with E-state index in [4.69, 9.17) is 4.42 Å². The summed E-state index contributed by atoms with van der Waals surface area (Å²) in [7, 11) is 0. The SMILES string of the molecule is Brc1ccc2oc3ccncc3c2c1. The third kappa shape index (κ3) is 1.06. The van der Waals surface area contributed by atoms with Crippen LogP contribution < -0.4 is 0 Å². The molecule has 0 saturated heterocycles. The van der Waals surface area contributed by atoms with Gasteiger partial charge in [-0.1, -0.05) is 15.9 Å². The number of furan rings is 1. The second-order valence-electron chi connectivity index (χ2n) is 3.11. The molecule has 2 aromatic heterocycles. The van der Waals surface area contributed by atoms with Crippen molar-refractivity contribution in [3.05, 3.63) is 41.1 Å². The summed E-state index contributed by atoms with van der Waals surface area (Å²) >= 11 is 3.44. The van der Waals surface area contributed by atoms with E-state index in [1.807, 2.05) is 30.5 Å². The van der Waals surface area contributed by atoms with Gasteiger partial charge < -0.3 is 4.42 Å². The molecule has 1 aromatic carbocycles. The molecule has 2 nitrogen and oxygen atoms in total. The molecule has 0 amide bonds. The van der Waals surface area contributed by atoms with Crippen molar-refractivity contribution < 1.29 is 4.42 Å². The van der Waals surface area contributed by atoms with Gasteiger partial charge in [0, 0.05) is 27.6 Å². The number of halogens is 1. The van der Waals surface area contributed by atoms with E-state index >= 15 is 0 Å². The molecule has 0 spiro atoms. The van der Waals surface area contributed by atoms with Crippen molar-refractivity contribution in [3.63, 3.8) is 0 Å². The number of hydrogen-bond acceptors (Lipinski definition) is 2. The second-order valence-corrected chi connectivity index (χ2v) is 4.03. The van der Waals surface area contributed by atoms with Gasteiger partial charge in [-0.2, -0.15) is 0 Å². The molecular weight excluding hydrogens is 242 g/mol. The van der Waals surface area contributed by atoms with Crippen LogP contribution in [0.15, 0.2) is 45.5 Å². The highest BCUT2D eigenvalue weighted by Gasteiger charge is 2.05. The molecule has 2 heterocycles. The van der Waals surface area contributed by atoms with Gasteiger partial charge in [-0.15, -0.1) is 0 Å². The van der Waals surface area contributed by atoms with Gasteiger partial charge in [0.25, 0.3) is 0 Å². The second kappa shape index (κ2) is 2.82. The molecule has 0 atom stereocenters. The maximum atomic E-state index is 5.65. The van der Waals surface area contributed by atoms with Crippen molar-refractivity contribution in [1.29, 1.82) is 0 Å². The van der Waals surface area contributed by atoms with Crippen LogP contribution in [-0.4, -0.2) is 4.98 Å². The van der Waals surface area contributed by atoms with Crippen LogP contribution in [0, 0.1) is 0 Å².